The second-order valence-corrected chi connectivity index (χ2v) is 5.10. The molecule has 0 fully saturated rings. The molecule has 0 atom stereocenters. The Balaban J connectivity index is 2.07. The smallest absolute Gasteiger partial charge is 0.224 e. The Labute approximate surface area is 121 Å². The fourth-order valence-electron chi connectivity index (χ4n) is 1.66. The number of nitrogens with one attached hydrogen (secondary N) is 2. The molecule has 0 aliphatic rings. The SMILES string of the molecule is Nc1nc(Nc2ccc(Br)cc2Cl)c2[nH]cnc2n1. The first kappa shape index (κ1) is 12.2. The summed E-state index contributed by atoms with van der Waals surface area (Å²) in [5.74, 6) is 0.680. The lowest BCUT2D eigenvalue weighted by Crippen LogP contribution is -2.01. The van der Waals surface area contributed by atoms with Crippen LogP contribution < -0.4 is 11.1 Å². The van der Waals surface area contributed by atoms with Gasteiger partial charge in [-0.15, -0.1) is 0 Å². The summed E-state index contributed by atoms with van der Waals surface area (Å²) in [6, 6.07) is 5.51. The molecule has 0 aliphatic carbocycles. The van der Waals surface area contributed by atoms with Gasteiger partial charge in [0.15, 0.2) is 11.5 Å². The molecule has 19 heavy (non-hydrogen) atoms. The molecule has 0 saturated heterocycles. The molecule has 96 valence electrons. The Morgan fingerprint density at radius 2 is 2.16 bits per heavy atom. The number of H-pyrrole nitrogens is 1. The van der Waals surface area contributed by atoms with Crippen LogP contribution in [0.15, 0.2) is 29.0 Å². The Morgan fingerprint density at radius 1 is 1.32 bits per heavy atom. The maximum absolute atomic E-state index is 6.15. The van der Waals surface area contributed by atoms with E-state index >= 15 is 0 Å². The molecule has 0 aliphatic heterocycles. The molecule has 0 amide bonds. The minimum atomic E-state index is 0.148. The highest BCUT2D eigenvalue weighted by molar-refractivity contribution is 9.10. The van der Waals surface area contributed by atoms with Gasteiger partial charge in [-0.2, -0.15) is 9.97 Å². The molecule has 3 aromatic rings. The standard InChI is InChI=1S/C11H8BrClN6/c12-5-1-2-7(6(13)3-5)17-10-8-9(16-4-15-8)18-11(14)19-10/h1-4H,(H4,14,15,16,17,18,19). The molecule has 0 unspecified atom stereocenters. The first-order valence-electron chi connectivity index (χ1n) is 5.32. The van der Waals surface area contributed by atoms with Crippen LogP contribution in [0.1, 0.15) is 0 Å². The number of halogens is 2. The van der Waals surface area contributed by atoms with E-state index in [1.165, 1.54) is 6.33 Å². The van der Waals surface area contributed by atoms with E-state index in [9.17, 15) is 0 Å². The van der Waals surface area contributed by atoms with Crippen molar-refractivity contribution < 1.29 is 0 Å². The zero-order valence-electron chi connectivity index (χ0n) is 9.48. The van der Waals surface area contributed by atoms with E-state index in [0.717, 1.165) is 10.2 Å². The number of rotatable bonds is 2. The van der Waals surface area contributed by atoms with Crippen LogP contribution >= 0.6 is 27.5 Å². The van der Waals surface area contributed by atoms with Crippen LogP contribution in [0.2, 0.25) is 5.02 Å². The summed E-state index contributed by atoms with van der Waals surface area (Å²) in [5.41, 5.74) is 7.54. The van der Waals surface area contributed by atoms with Crippen molar-refractivity contribution in [2.45, 2.75) is 0 Å². The van der Waals surface area contributed by atoms with Gasteiger partial charge in [0.25, 0.3) is 0 Å². The van der Waals surface area contributed by atoms with E-state index in [1.54, 1.807) is 6.07 Å². The third-order valence-corrected chi connectivity index (χ3v) is 3.29. The van der Waals surface area contributed by atoms with Crippen LogP contribution in [0.3, 0.4) is 0 Å². The number of aromatic amines is 1. The van der Waals surface area contributed by atoms with Gasteiger partial charge < -0.3 is 16.0 Å². The summed E-state index contributed by atoms with van der Waals surface area (Å²) in [7, 11) is 0. The molecule has 0 radical (unpaired) electrons. The molecular weight excluding hydrogens is 332 g/mol. The molecule has 4 N–H and O–H groups in total. The van der Waals surface area contributed by atoms with E-state index in [1.807, 2.05) is 12.1 Å². The largest absolute Gasteiger partial charge is 0.368 e. The third kappa shape index (κ3) is 2.34. The lowest BCUT2D eigenvalue weighted by molar-refractivity contribution is 1.21. The maximum Gasteiger partial charge on any atom is 0.224 e. The maximum atomic E-state index is 6.15. The monoisotopic (exact) mass is 338 g/mol. The fourth-order valence-corrected chi connectivity index (χ4v) is 2.38. The normalized spacial score (nSPS) is 10.8. The van der Waals surface area contributed by atoms with Crippen molar-refractivity contribution in [3.63, 3.8) is 0 Å². The number of hydrogen-bond donors (Lipinski definition) is 3. The van der Waals surface area contributed by atoms with E-state index in [-0.39, 0.29) is 5.95 Å². The third-order valence-electron chi connectivity index (χ3n) is 2.49. The number of nitrogens with two attached hydrogens (primary N) is 1. The van der Waals surface area contributed by atoms with E-state index in [4.69, 9.17) is 17.3 Å². The molecule has 0 bridgehead atoms. The molecule has 1 aromatic carbocycles. The van der Waals surface area contributed by atoms with E-state index < -0.39 is 0 Å². The second-order valence-electron chi connectivity index (χ2n) is 3.78. The van der Waals surface area contributed by atoms with Gasteiger partial charge in [-0.25, -0.2) is 4.98 Å². The van der Waals surface area contributed by atoms with Crippen LogP contribution in [-0.4, -0.2) is 19.9 Å². The number of nitrogens with zero attached hydrogens (tertiary/aromatic N) is 3. The number of fused-ring (bicyclic) bond motifs is 1. The van der Waals surface area contributed by atoms with Gasteiger partial charge in [-0.1, -0.05) is 27.5 Å². The first-order valence-corrected chi connectivity index (χ1v) is 6.49. The van der Waals surface area contributed by atoms with Gasteiger partial charge >= 0.3 is 0 Å². The van der Waals surface area contributed by atoms with Crippen molar-refractivity contribution in [2.75, 3.05) is 11.1 Å². The summed E-state index contributed by atoms with van der Waals surface area (Å²) in [6.45, 7) is 0. The van der Waals surface area contributed by atoms with Crippen LogP contribution in [0.4, 0.5) is 17.5 Å². The summed E-state index contributed by atoms with van der Waals surface area (Å²) in [6.07, 6.45) is 1.53. The number of nitrogen functional groups attached to an aromatic ring is 1. The zero-order chi connectivity index (χ0) is 13.4. The van der Waals surface area contributed by atoms with Crippen LogP contribution in [-0.2, 0) is 0 Å². The van der Waals surface area contributed by atoms with Gasteiger partial charge in [-0.3, -0.25) is 0 Å². The number of hydrogen-bond acceptors (Lipinski definition) is 5. The van der Waals surface area contributed by atoms with Gasteiger partial charge in [0, 0.05) is 4.47 Å². The van der Waals surface area contributed by atoms with Crippen molar-refractivity contribution in [1.29, 1.82) is 0 Å². The summed E-state index contributed by atoms with van der Waals surface area (Å²) < 4.78 is 0.900. The topological polar surface area (TPSA) is 92.5 Å². The minimum Gasteiger partial charge on any atom is -0.368 e. The highest BCUT2D eigenvalue weighted by Crippen LogP contribution is 2.29. The van der Waals surface area contributed by atoms with Crippen LogP contribution in [0, 0.1) is 0 Å². The number of imidazole rings is 1. The lowest BCUT2D eigenvalue weighted by atomic mass is 10.3. The van der Waals surface area contributed by atoms with Gasteiger partial charge in [0.1, 0.15) is 5.52 Å². The molecule has 0 saturated carbocycles. The highest BCUT2D eigenvalue weighted by Gasteiger charge is 2.10. The summed E-state index contributed by atoms with van der Waals surface area (Å²) in [5, 5.41) is 3.68. The molecule has 0 spiro atoms. The Bertz CT molecular complexity index is 756. The molecule has 8 heteroatoms. The van der Waals surface area contributed by atoms with E-state index in [0.29, 0.717) is 22.0 Å². The number of aromatic nitrogens is 4. The second kappa shape index (κ2) is 4.67. The Kier molecular flexibility index (Phi) is 3.00. The zero-order valence-corrected chi connectivity index (χ0v) is 11.8. The van der Waals surface area contributed by atoms with Crippen molar-refractivity contribution in [2.24, 2.45) is 0 Å². The van der Waals surface area contributed by atoms with Crippen LogP contribution in [0.25, 0.3) is 11.2 Å². The molecule has 2 heterocycles. The lowest BCUT2D eigenvalue weighted by Gasteiger charge is -2.08. The summed E-state index contributed by atoms with van der Waals surface area (Å²) in [4.78, 5) is 15.2. The van der Waals surface area contributed by atoms with Crippen molar-refractivity contribution in [1.82, 2.24) is 19.9 Å². The van der Waals surface area contributed by atoms with Crippen molar-refractivity contribution in [3.8, 4) is 0 Å². The van der Waals surface area contributed by atoms with Gasteiger partial charge in [-0.05, 0) is 18.2 Å². The van der Waals surface area contributed by atoms with Crippen molar-refractivity contribution >= 4 is 56.1 Å². The van der Waals surface area contributed by atoms with E-state index in [2.05, 4.69) is 41.2 Å². The van der Waals surface area contributed by atoms with Gasteiger partial charge in [0.2, 0.25) is 5.95 Å². The Morgan fingerprint density at radius 3 is 2.95 bits per heavy atom. The quantitative estimate of drug-likeness (QED) is 0.667. The average Bonchev–Trinajstić information content (AvgIpc) is 2.80. The molecular formula is C11H8BrClN6. The average molecular weight is 340 g/mol. The molecule has 6 nitrogen and oxygen atoms in total. The predicted molar refractivity (Wildman–Crippen MR) is 78.5 cm³/mol. The summed E-state index contributed by atoms with van der Waals surface area (Å²) >= 11 is 9.50. The first-order chi connectivity index (χ1) is 9.13. The Hall–Kier alpha value is -1.86. The number of anilines is 3. The molecule has 2 aromatic heterocycles. The minimum absolute atomic E-state index is 0.148. The number of benzene rings is 1. The highest BCUT2D eigenvalue weighted by atomic mass is 79.9. The van der Waals surface area contributed by atoms with Crippen LogP contribution in [0.5, 0.6) is 0 Å². The van der Waals surface area contributed by atoms with Gasteiger partial charge in [0.05, 0.1) is 17.0 Å². The fraction of sp³-hybridized carbons (Fsp3) is 0. The molecule has 3 rings (SSSR count). The van der Waals surface area contributed by atoms with Crippen molar-refractivity contribution in [3.05, 3.63) is 34.0 Å². The predicted octanol–water partition coefficient (Wildman–Crippen LogP) is 3.09.